The SMILES string of the molecule is CCCNC1CCCc2ccc(OCCF)cc21. The highest BCUT2D eigenvalue weighted by atomic mass is 19.1. The Morgan fingerprint density at radius 3 is 3.11 bits per heavy atom. The summed E-state index contributed by atoms with van der Waals surface area (Å²) in [5.41, 5.74) is 2.74. The van der Waals surface area contributed by atoms with Gasteiger partial charge in [0.2, 0.25) is 0 Å². The monoisotopic (exact) mass is 251 g/mol. The Kier molecular flexibility index (Phi) is 5.00. The maximum Gasteiger partial charge on any atom is 0.123 e. The molecule has 0 radical (unpaired) electrons. The molecule has 1 aliphatic carbocycles. The van der Waals surface area contributed by atoms with Gasteiger partial charge in [-0.15, -0.1) is 0 Å². The van der Waals surface area contributed by atoms with E-state index in [1.165, 1.54) is 24.0 Å². The fraction of sp³-hybridized carbons (Fsp3) is 0.600. The molecule has 0 amide bonds. The van der Waals surface area contributed by atoms with E-state index in [1.54, 1.807) is 0 Å². The molecule has 2 rings (SSSR count). The number of benzene rings is 1. The zero-order valence-electron chi connectivity index (χ0n) is 11.0. The van der Waals surface area contributed by atoms with Crippen LogP contribution < -0.4 is 10.1 Å². The highest BCUT2D eigenvalue weighted by Crippen LogP contribution is 2.32. The van der Waals surface area contributed by atoms with Crippen molar-refractivity contribution < 1.29 is 9.13 Å². The van der Waals surface area contributed by atoms with Gasteiger partial charge in [0.1, 0.15) is 19.0 Å². The van der Waals surface area contributed by atoms with Crippen LogP contribution in [0.5, 0.6) is 5.75 Å². The molecule has 1 aromatic carbocycles. The quantitative estimate of drug-likeness (QED) is 0.836. The lowest BCUT2D eigenvalue weighted by Gasteiger charge is -2.27. The predicted molar refractivity (Wildman–Crippen MR) is 71.9 cm³/mol. The van der Waals surface area contributed by atoms with Crippen molar-refractivity contribution in [3.63, 3.8) is 0 Å². The molecule has 0 heterocycles. The van der Waals surface area contributed by atoms with Gasteiger partial charge in [0, 0.05) is 6.04 Å². The summed E-state index contributed by atoms with van der Waals surface area (Å²) in [6, 6.07) is 6.60. The van der Waals surface area contributed by atoms with Crippen molar-refractivity contribution in [3.8, 4) is 5.75 Å². The molecule has 0 aliphatic heterocycles. The highest BCUT2D eigenvalue weighted by molar-refractivity contribution is 5.39. The molecule has 100 valence electrons. The molecule has 0 spiro atoms. The summed E-state index contributed by atoms with van der Waals surface area (Å²) in [5, 5.41) is 3.58. The maximum absolute atomic E-state index is 12.1. The van der Waals surface area contributed by atoms with E-state index in [0.717, 1.165) is 25.1 Å². The van der Waals surface area contributed by atoms with Gasteiger partial charge in [-0.1, -0.05) is 13.0 Å². The van der Waals surface area contributed by atoms with E-state index in [4.69, 9.17) is 4.74 Å². The lowest BCUT2D eigenvalue weighted by atomic mass is 9.87. The smallest absolute Gasteiger partial charge is 0.123 e. The molecule has 1 atom stereocenters. The molecule has 1 unspecified atom stereocenters. The molecule has 18 heavy (non-hydrogen) atoms. The summed E-state index contributed by atoms with van der Waals surface area (Å²) in [6.45, 7) is 2.93. The molecular weight excluding hydrogens is 229 g/mol. The van der Waals surface area contributed by atoms with Gasteiger partial charge < -0.3 is 10.1 Å². The number of hydrogen-bond acceptors (Lipinski definition) is 2. The van der Waals surface area contributed by atoms with Crippen LogP contribution in [0.3, 0.4) is 0 Å². The van der Waals surface area contributed by atoms with Gasteiger partial charge in [0.25, 0.3) is 0 Å². The van der Waals surface area contributed by atoms with Crippen LogP contribution in [0.4, 0.5) is 4.39 Å². The van der Waals surface area contributed by atoms with Crippen molar-refractivity contribution >= 4 is 0 Å². The van der Waals surface area contributed by atoms with Gasteiger partial charge >= 0.3 is 0 Å². The zero-order chi connectivity index (χ0) is 12.8. The van der Waals surface area contributed by atoms with Crippen LogP contribution in [-0.2, 0) is 6.42 Å². The Hall–Kier alpha value is -1.09. The summed E-state index contributed by atoms with van der Waals surface area (Å²) in [7, 11) is 0. The molecule has 1 aromatic rings. The summed E-state index contributed by atoms with van der Waals surface area (Å²) in [4.78, 5) is 0. The van der Waals surface area contributed by atoms with Crippen LogP contribution >= 0.6 is 0 Å². The second-order valence-corrected chi connectivity index (χ2v) is 4.80. The third-order valence-corrected chi connectivity index (χ3v) is 3.42. The molecule has 0 fully saturated rings. The van der Waals surface area contributed by atoms with Crippen LogP contribution in [0.2, 0.25) is 0 Å². The standard InChI is InChI=1S/C15H22FNO/c1-2-9-17-15-5-3-4-12-6-7-13(11-14(12)15)18-10-8-16/h6-7,11,15,17H,2-5,8-10H2,1H3. The molecule has 0 bridgehead atoms. The Balaban J connectivity index is 2.12. The van der Waals surface area contributed by atoms with E-state index in [1.807, 2.05) is 6.07 Å². The van der Waals surface area contributed by atoms with Gasteiger partial charge in [0.15, 0.2) is 0 Å². The van der Waals surface area contributed by atoms with Crippen molar-refractivity contribution in [2.45, 2.75) is 38.6 Å². The average Bonchev–Trinajstić information content (AvgIpc) is 2.42. The number of fused-ring (bicyclic) bond motifs is 1. The van der Waals surface area contributed by atoms with E-state index in [2.05, 4.69) is 24.4 Å². The number of hydrogen-bond donors (Lipinski definition) is 1. The van der Waals surface area contributed by atoms with Gasteiger partial charge in [-0.05, 0) is 55.5 Å². The molecule has 1 N–H and O–H groups in total. The average molecular weight is 251 g/mol. The van der Waals surface area contributed by atoms with Crippen molar-refractivity contribution in [3.05, 3.63) is 29.3 Å². The molecule has 0 saturated carbocycles. The lowest BCUT2D eigenvalue weighted by molar-refractivity contribution is 0.272. The zero-order valence-corrected chi connectivity index (χ0v) is 11.0. The summed E-state index contributed by atoms with van der Waals surface area (Å²) >= 11 is 0. The number of nitrogens with one attached hydrogen (secondary N) is 1. The Morgan fingerprint density at radius 2 is 2.33 bits per heavy atom. The molecular formula is C15H22FNO. The van der Waals surface area contributed by atoms with Crippen LogP contribution in [0.25, 0.3) is 0 Å². The first kappa shape index (κ1) is 13.3. The summed E-state index contributed by atoms with van der Waals surface area (Å²) in [5.74, 6) is 0.789. The molecule has 0 saturated heterocycles. The normalized spacial score (nSPS) is 18.4. The van der Waals surface area contributed by atoms with E-state index in [0.29, 0.717) is 6.04 Å². The third-order valence-electron chi connectivity index (χ3n) is 3.42. The van der Waals surface area contributed by atoms with Crippen molar-refractivity contribution in [2.24, 2.45) is 0 Å². The Bertz CT molecular complexity index is 381. The van der Waals surface area contributed by atoms with Gasteiger partial charge in [0.05, 0.1) is 0 Å². The topological polar surface area (TPSA) is 21.3 Å². The van der Waals surface area contributed by atoms with Crippen molar-refractivity contribution in [1.29, 1.82) is 0 Å². The number of halogens is 1. The number of aryl methyl sites for hydroxylation is 1. The van der Waals surface area contributed by atoms with Crippen LogP contribution in [0.15, 0.2) is 18.2 Å². The summed E-state index contributed by atoms with van der Waals surface area (Å²) in [6.07, 6.45) is 4.70. The van der Waals surface area contributed by atoms with Crippen LogP contribution in [0.1, 0.15) is 43.4 Å². The van der Waals surface area contributed by atoms with E-state index in [-0.39, 0.29) is 6.61 Å². The first-order chi connectivity index (χ1) is 8.85. The van der Waals surface area contributed by atoms with Crippen molar-refractivity contribution in [2.75, 3.05) is 19.8 Å². The molecule has 1 aliphatic rings. The lowest BCUT2D eigenvalue weighted by Crippen LogP contribution is -2.25. The van der Waals surface area contributed by atoms with Gasteiger partial charge in [-0.3, -0.25) is 0 Å². The summed E-state index contributed by atoms with van der Waals surface area (Å²) < 4.78 is 17.5. The second-order valence-electron chi connectivity index (χ2n) is 4.80. The van der Waals surface area contributed by atoms with E-state index in [9.17, 15) is 4.39 Å². The Morgan fingerprint density at radius 1 is 1.44 bits per heavy atom. The number of rotatable bonds is 6. The highest BCUT2D eigenvalue weighted by Gasteiger charge is 2.19. The minimum absolute atomic E-state index is 0.145. The molecule has 2 nitrogen and oxygen atoms in total. The van der Waals surface area contributed by atoms with Crippen molar-refractivity contribution in [1.82, 2.24) is 5.32 Å². The number of alkyl halides is 1. The van der Waals surface area contributed by atoms with E-state index < -0.39 is 6.67 Å². The molecule has 3 heteroatoms. The molecule has 0 aromatic heterocycles. The first-order valence-corrected chi connectivity index (χ1v) is 6.90. The second kappa shape index (κ2) is 6.74. The van der Waals surface area contributed by atoms with Gasteiger partial charge in [-0.2, -0.15) is 0 Å². The Labute approximate surface area is 109 Å². The minimum atomic E-state index is -0.436. The fourth-order valence-electron chi connectivity index (χ4n) is 2.55. The fourth-order valence-corrected chi connectivity index (χ4v) is 2.55. The third kappa shape index (κ3) is 3.22. The largest absolute Gasteiger partial charge is 0.491 e. The predicted octanol–water partition coefficient (Wildman–Crippen LogP) is 3.41. The number of ether oxygens (including phenoxy) is 1. The minimum Gasteiger partial charge on any atom is -0.491 e. The van der Waals surface area contributed by atoms with E-state index >= 15 is 0 Å². The van der Waals surface area contributed by atoms with Gasteiger partial charge in [-0.25, -0.2) is 4.39 Å². The van der Waals surface area contributed by atoms with Crippen LogP contribution in [0, 0.1) is 0 Å². The van der Waals surface area contributed by atoms with Crippen LogP contribution in [-0.4, -0.2) is 19.8 Å². The maximum atomic E-state index is 12.1. The first-order valence-electron chi connectivity index (χ1n) is 6.90.